The van der Waals surface area contributed by atoms with Crippen molar-refractivity contribution < 1.29 is 9.50 Å². The van der Waals surface area contributed by atoms with E-state index in [1.54, 1.807) is 35.8 Å². The summed E-state index contributed by atoms with van der Waals surface area (Å²) in [5, 5.41) is 9.94. The van der Waals surface area contributed by atoms with Gasteiger partial charge in [0.1, 0.15) is 17.7 Å². The highest BCUT2D eigenvalue weighted by Gasteiger charge is 2.17. The second-order valence-electron chi connectivity index (χ2n) is 4.83. The van der Waals surface area contributed by atoms with Crippen molar-refractivity contribution in [2.24, 2.45) is 0 Å². The van der Waals surface area contributed by atoms with E-state index in [9.17, 15) is 9.50 Å². The van der Waals surface area contributed by atoms with E-state index in [0.29, 0.717) is 27.2 Å². The summed E-state index contributed by atoms with van der Waals surface area (Å²) in [7, 11) is 0. The lowest BCUT2D eigenvalue weighted by atomic mass is 10.2. The summed E-state index contributed by atoms with van der Waals surface area (Å²) in [6.45, 7) is 1.62. The van der Waals surface area contributed by atoms with Crippen molar-refractivity contribution in [1.82, 2.24) is 9.55 Å². The van der Waals surface area contributed by atoms with Crippen molar-refractivity contribution in [3.63, 3.8) is 0 Å². The second-order valence-corrected chi connectivity index (χ2v) is 5.68. The van der Waals surface area contributed by atoms with E-state index < -0.39 is 6.10 Å². The Morgan fingerprint density at radius 1 is 1.29 bits per heavy atom. The van der Waals surface area contributed by atoms with Crippen LogP contribution in [0.25, 0.3) is 16.7 Å². The molecule has 0 radical (unpaired) electrons. The Hall–Kier alpha value is -1.92. The minimum absolute atomic E-state index is 0.374. The lowest BCUT2D eigenvalue weighted by Crippen LogP contribution is -2.05. The lowest BCUT2D eigenvalue weighted by Gasteiger charge is -2.11. The Bertz CT molecular complexity index is 829. The van der Waals surface area contributed by atoms with Gasteiger partial charge in [-0.05, 0) is 59.3 Å². The molecule has 1 atom stereocenters. The Morgan fingerprint density at radius 3 is 2.71 bits per heavy atom. The molecule has 108 valence electrons. The average molecular weight is 350 g/mol. The van der Waals surface area contributed by atoms with Crippen molar-refractivity contribution in [1.29, 1.82) is 0 Å². The lowest BCUT2D eigenvalue weighted by molar-refractivity contribution is 0.187. The number of imidazole rings is 1. The maximum Gasteiger partial charge on any atom is 0.143 e. The summed E-state index contributed by atoms with van der Waals surface area (Å²) in [5.41, 5.74) is 8.38. The fourth-order valence-corrected chi connectivity index (χ4v) is 2.54. The molecule has 0 spiro atoms. The molecular formula is C15H13BrFN3O. The Labute approximate surface area is 129 Å². The van der Waals surface area contributed by atoms with Gasteiger partial charge in [-0.1, -0.05) is 0 Å². The molecule has 0 aliphatic carbocycles. The van der Waals surface area contributed by atoms with Crippen LogP contribution in [0.2, 0.25) is 0 Å². The van der Waals surface area contributed by atoms with Gasteiger partial charge in [-0.2, -0.15) is 0 Å². The first kappa shape index (κ1) is 14.0. The van der Waals surface area contributed by atoms with Gasteiger partial charge in [0.2, 0.25) is 0 Å². The fraction of sp³-hybridized carbons (Fsp3) is 0.133. The monoisotopic (exact) mass is 349 g/mol. The average Bonchev–Trinajstić information content (AvgIpc) is 2.80. The predicted molar refractivity (Wildman–Crippen MR) is 83.8 cm³/mol. The number of aliphatic hydroxyl groups is 1. The first-order valence-corrected chi connectivity index (χ1v) is 7.18. The molecule has 1 heterocycles. The van der Waals surface area contributed by atoms with Gasteiger partial charge in [0.25, 0.3) is 0 Å². The zero-order valence-corrected chi connectivity index (χ0v) is 12.8. The normalized spacial score (nSPS) is 12.8. The van der Waals surface area contributed by atoms with Gasteiger partial charge in [0, 0.05) is 5.69 Å². The number of hydrogen-bond donors (Lipinski definition) is 2. The van der Waals surface area contributed by atoms with E-state index in [-0.39, 0.29) is 5.82 Å². The molecule has 0 fully saturated rings. The molecule has 6 heteroatoms. The highest BCUT2D eigenvalue weighted by molar-refractivity contribution is 9.10. The molecule has 3 rings (SSSR count). The third-order valence-electron chi connectivity index (χ3n) is 3.24. The Morgan fingerprint density at radius 2 is 2.05 bits per heavy atom. The molecule has 4 nitrogen and oxygen atoms in total. The number of hydrogen-bond acceptors (Lipinski definition) is 3. The molecule has 2 aromatic carbocycles. The third-order valence-corrected chi connectivity index (χ3v) is 3.88. The predicted octanol–water partition coefficient (Wildman–Crippen LogP) is 3.56. The number of fused-ring (bicyclic) bond motifs is 1. The summed E-state index contributed by atoms with van der Waals surface area (Å²) in [6, 6.07) is 10.1. The second kappa shape index (κ2) is 5.13. The molecular weight excluding hydrogens is 337 g/mol. The zero-order chi connectivity index (χ0) is 15.1. The van der Waals surface area contributed by atoms with Crippen molar-refractivity contribution in [3.8, 4) is 5.69 Å². The van der Waals surface area contributed by atoms with Gasteiger partial charge in [0.05, 0.1) is 21.2 Å². The molecule has 1 unspecified atom stereocenters. The quantitative estimate of drug-likeness (QED) is 0.695. The standard InChI is InChI=1S/C15H13BrFN3O/c1-8(21)15-19-13-6-9(18)2-5-14(13)20(15)10-3-4-11(16)12(17)7-10/h2-8,21H,18H2,1H3. The van der Waals surface area contributed by atoms with E-state index in [0.717, 1.165) is 5.52 Å². The topological polar surface area (TPSA) is 64.1 Å². The summed E-state index contributed by atoms with van der Waals surface area (Å²) < 4.78 is 15.9. The van der Waals surface area contributed by atoms with Crippen LogP contribution >= 0.6 is 15.9 Å². The van der Waals surface area contributed by atoms with Gasteiger partial charge in [-0.3, -0.25) is 4.57 Å². The summed E-state index contributed by atoms with van der Waals surface area (Å²) in [4.78, 5) is 4.40. The number of anilines is 1. The zero-order valence-electron chi connectivity index (χ0n) is 11.2. The van der Waals surface area contributed by atoms with Crippen molar-refractivity contribution >= 4 is 32.7 Å². The maximum absolute atomic E-state index is 13.8. The molecule has 0 saturated heterocycles. The van der Waals surface area contributed by atoms with Crippen LogP contribution in [0.3, 0.4) is 0 Å². The van der Waals surface area contributed by atoms with Gasteiger partial charge in [-0.25, -0.2) is 9.37 Å². The molecule has 3 N–H and O–H groups in total. The molecule has 0 bridgehead atoms. The number of halogens is 2. The number of rotatable bonds is 2. The number of aromatic nitrogens is 2. The molecule has 21 heavy (non-hydrogen) atoms. The van der Waals surface area contributed by atoms with Gasteiger partial charge < -0.3 is 10.8 Å². The highest BCUT2D eigenvalue weighted by Crippen LogP contribution is 2.28. The maximum atomic E-state index is 13.8. The Kier molecular flexibility index (Phi) is 3.43. The van der Waals surface area contributed by atoms with Crippen LogP contribution in [0, 0.1) is 5.82 Å². The van der Waals surface area contributed by atoms with Crippen LogP contribution in [-0.4, -0.2) is 14.7 Å². The van der Waals surface area contributed by atoms with Crippen LogP contribution in [0.5, 0.6) is 0 Å². The van der Waals surface area contributed by atoms with Crippen LogP contribution in [0.15, 0.2) is 40.9 Å². The Balaban J connectivity index is 2.33. The van der Waals surface area contributed by atoms with Crippen LogP contribution < -0.4 is 5.73 Å². The number of nitrogens with two attached hydrogens (primary N) is 1. The molecule has 1 aromatic heterocycles. The molecule has 3 aromatic rings. The largest absolute Gasteiger partial charge is 0.399 e. The van der Waals surface area contributed by atoms with Crippen molar-refractivity contribution in [3.05, 3.63) is 52.5 Å². The van der Waals surface area contributed by atoms with E-state index in [2.05, 4.69) is 20.9 Å². The highest BCUT2D eigenvalue weighted by atomic mass is 79.9. The van der Waals surface area contributed by atoms with Gasteiger partial charge >= 0.3 is 0 Å². The summed E-state index contributed by atoms with van der Waals surface area (Å²) in [6.07, 6.45) is -0.787. The molecule has 0 saturated carbocycles. The van der Waals surface area contributed by atoms with Crippen LogP contribution in [0.1, 0.15) is 18.9 Å². The SMILES string of the molecule is CC(O)c1nc2cc(N)ccc2n1-c1ccc(Br)c(F)c1. The van der Waals surface area contributed by atoms with E-state index in [1.807, 2.05) is 6.07 Å². The fourth-order valence-electron chi connectivity index (χ4n) is 2.29. The van der Waals surface area contributed by atoms with Crippen LogP contribution in [-0.2, 0) is 0 Å². The number of aliphatic hydroxyl groups excluding tert-OH is 1. The molecule has 0 amide bonds. The van der Waals surface area contributed by atoms with Gasteiger partial charge in [-0.15, -0.1) is 0 Å². The minimum Gasteiger partial charge on any atom is -0.399 e. The van der Waals surface area contributed by atoms with Crippen molar-refractivity contribution in [2.75, 3.05) is 5.73 Å². The first-order chi connectivity index (χ1) is 9.97. The smallest absolute Gasteiger partial charge is 0.143 e. The third kappa shape index (κ3) is 2.41. The summed E-state index contributed by atoms with van der Waals surface area (Å²) >= 11 is 3.13. The van der Waals surface area contributed by atoms with E-state index in [1.165, 1.54) is 6.07 Å². The number of benzene rings is 2. The van der Waals surface area contributed by atoms with E-state index in [4.69, 9.17) is 5.73 Å². The number of nitrogens with zero attached hydrogens (tertiary/aromatic N) is 2. The molecule has 0 aliphatic rings. The van der Waals surface area contributed by atoms with Crippen LogP contribution in [0.4, 0.5) is 10.1 Å². The van der Waals surface area contributed by atoms with Gasteiger partial charge in [0.15, 0.2) is 0 Å². The minimum atomic E-state index is -0.787. The molecule has 0 aliphatic heterocycles. The number of nitrogen functional groups attached to an aromatic ring is 1. The first-order valence-electron chi connectivity index (χ1n) is 6.38. The van der Waals surface area contributed by atoms with Crippen molar-refractivity contribution in [2.45, 2.75) is 13.0 Å². The van der Waals surface area contributed by atoms with E-state index >= 15 is 0 Å². The summed E-state index contributed by atoms with van der Waals surface area (Å²) in [5.74, 6) is 0.0682.